The Hall–Kier alpha value is -3.64. The van der Waals surface area contributed by atoms with Crippen LogP contribution in [-0.4, -0.2) is 62.4 Å². The zero-order valence-electron chi connectivity index (χ0n) is 22.0. The number of benzene rings is 3. The van der Waals surface area contributed by atoms with Crippen LogP contribution in [0.3, 0.4) is 0 Å². The van der Waals surface area contributed by atoms with E-state index in [2.05, 4.69) is 0 Å². The Morgan fingerprint density at radius 2 is 1.51 bits per heavy atom. The van der Waals surface area contributed by atoms with Crippen molar-refractivity contribution in [3.05, 3.63) is 83.4 Å². The van der Waals surface area contributed by atoms with Gasteiger partial charge in [-0.15, -0.1) is 0 Å². The Morgan fingerprint density at radius 3 is 2.05 bits per heavy atom. The summed E-state index contributed by atoms with van der Waals surface area (Å²) in [6.07, 6.45) is -4.63. The van der Waals surface area contributed by atoms with Crippen molar-refractivity contribution < 1.29 is 51.9 Å². The van der Waals surface area contributed by atoms with E-state index < -0.39 is 35.3 Å². The van der Waals surface area contributed by atoms with Crippen LogP contribution in [0.1, 0.15) is 16.7 Å². The third-order valence-electron chi connectivity index (χ3n) is 7.21. The van der Waals surface area contributed by atoms with Gasteiger partial charge in [0.25, 0.3) is 0 Å². The second kappa shape index (κ2) is 11.7. The minimum Gasteiger partial charge on any atom is -0.493 e. The Morgan fingerprint density at radius 1 is 0.878 bits per heavy atom. The standard InChI is InChI=1S/C30H29F3O8/c31-30(32,33)27-21(12-39-23-10-6-22(7-11-23)29(18-38-19-29)41-13-26(35)36)2-1-3-25(27)20-4-8-24(9-5-20)40-17-28(14-34)15-37-16-28/h1-11,34H,12-19H2,(H,35,36). The molecule has 2 aliphatic heterocycles. The van der Waals surface area contributed by atoms with E-state index in [1.165, 1.54) is 12.1 Å². The lowest BCUT2D eigenvalue weighted by Gasteiger charge is -2.41. The number of halogens is 3. The zero-order chi connectivity index (χ0) is 29.1. The molecule has 0 aliphatic carbocycles. The van der Waals surface area contributed by atoms with Gasteiger partial charge in [-0.1, -0.05) is 42.5 Å². The molecule has 218 valence electrons. The molecule has 0 amide bonds. The highest BCUT2D eigenvalue weighted by Crippen LogP contribution is 2.41. The first kappa shape index (κ1) is 28.9. The fourth-order valence-electron chi connectivity index (χ4n) is 4.71. The molecule has 2 aliphatic rings. The Labute approximate surface area is 234 Å². The average Bonchev–Trinajstić information content (AvgIpc) is 2.91. The summed E-state index contributed by atoms with van der Waals surface area (Å²) in [4.78, 5) is 10.9. The molecule has 8 nitrogen and oxygen atoms in total. The van der Waals surface area contributed by atoms with Gasteiger partial charge in [0.1, 0.15) is 36.9 Å². The second-order valence-electron chi connectivity index (χ2n) is 10.3. The van der Waals surface area contributed by atoms with Crippen LogP contribution in [0.2, 0.25) is 0 Å². The van der Waals surface area contributed by atoms with Crippen LogP contribution >= 0.6 is 0 Å². The van der Waals surface area contributed by atoms with E-state index in [0.717, 1.165) is 0 Å². The summed E-state index contributed by atoms with van der Waals surface area (Å²) < 4.78 is 70.3. The second-order valence-corrected chi connectivity index (χ2v) is 10.3. The quantitative estimate of drug-likeness (QED) is 0.322. The number of carboxylic acids is 1. The molecule has 5 rings (SSSR count). The van der Waals surface area contributed by atoms with Crippen LogP contribution in [-0.2, 0) is 37.4 Å². The number of carbonyl (C=O) groups is 1. The third-order valence-corrected chi connectivity index (χ3v) is 7.21. The molecule has 3 aromatic rings. The van der Waals surface area contributed by atoms with Crippen LogP contribution in [0.5, 0.6) is 11.5 Å². The Bertz CT molecular complexity index is 1340. The number of alkyl halides is 3. The van der Waals surface area contributed by atoms with Crippen molar-refractivity contribution in [2.45, 2.75) is 18.4 Å². The van der Waals surface area contributed by atoms with Gasteiger partial charge in [-0.25, -0.2) is 4.79 Å². The first-order valence-corrected chi connectivity index (χ1v) is 12.9. The summed E-state index contributed by atoms with van der Waals surface area (Å²) in [6, 6.07) is 17.3. The summed E-state index contributed by atoms with van der Waals surface area (Å²) in [5.74, 6) is -0.271. The van der Waals surface area contributed by atoms with Gasteiger partial charge in [0.2, 0.25) is 0 Å². The van der Waals surface area contributed by atoms with Crippen molar-refractivity contribution in [3.63, 3.8) is 0 Å². The lowest BCUT2D eigenvalue weighted by atomic mass is 9.88. The number of hydrogen-bond acceptors (Lipinski definition) is 7. The average molecular weight is 575 g/mol. The molecule has 11 heteroatoms. The Balaban J connectivity index is 1.30. The van der Waals surface area contributed by atoms with Crippen molar-refractivity contribution in [3.8, 4) is 22.6 Å². The van der Waals surface area contributed by atoms with Gasteiger partial charge in [0.05, 0.1) is 44.0 Å². The SMILES string of the molecule is O=C(O)COC1(c2ccc(OCc3cccc(-c4ccc(OCC5(CO)COC5)cc4)c3C(F)(F)F)cc2)COC1. The number of carboxylic acid groups (broad SMARTS) is 1. The van der Waals surface area contributed by atoms with Gasteiger partial charge in [-0.3, -0.25) is 0 Å². The fourth-order valence-corrected chi connectivity index (χ4v) is 4.71. The predicted molar refractivity (Wildman–Crippen MR) is 140 cm³/mol. The molecule has 0 aromatic heterocycles. The minimum absolute atomic E-state index is 0.0159. The lowest BCUT2D eigenvalue weighted by Crippen LogP contribution is -2.49. The molecular formula is C30H29F3O8. The minimum atomic E-state index is -4.63. The molecule has 2 N–H and O–H groups in total. The van der Waals surface area contributed by atoms with Gasteiger partial charge < -0.3 is 33.9 Å². The van der Waals surface area contributed by atoms with E-state index in [4.69, 9.17) is 28.8 Å². The van der Waals surface area contributed by atoms with Gasteiger partial charge in [-0.2, -0.15) is 13.2 Å². The zero-order valence-corrected chi connectivity index (χ0v) is 22.0. The van der Waals surface area contributed by atoms with Gasteiger partial charge >= 0.3 is 12.1 Å². The van der Waals surface area contributed by atoms with Crippen LogP contribution < -0.4 is 9.47 Å². The lowest BCUT2D eigenvalue weighted by molar-refractivity contribution is -0.220. The summed E-state index contributed by atoms with van der Waals surface area (Å²) in [5.41, 5.74) is -1.06. The molecule has 0 bridgehead atoms. The number of ether oxygens (including phenoxy) is 5. The van der Waals surface area contributed by atoms with Crippen LogP contribution in [0.25, 0.3) is 11.1 Å². The molecule has 2 saturated heterocycles. The van der Waals surface area contributed by atoms with Crippen molar-refractivity contribution in [2.24, 2.45) is 5.41 Å². The molecule has 0 atom stereocenters. The van der Waals surface area contributed by atoms with Crippen LogP contribution in [0.4, 0.5) is 13.2 Å². The highest BCUT2D eigenvalue weighted by atomic mass is 19.4. The molecule has 41 heavy (non-hydrogen) atoms. The number of aliphatic hydroxyl groups excluding tert-OH is 1. The summed E-state index contributed by atoms with van der Waals surface area (Å²) in [6.45, 7) is 0.566. The number of rotatable bonds is 12. The molecule has 0 unspecified atom stereocenters. The van der Waals surface area contributed by atoms with Crippen molar-refractivity contribution in [1.29, 1.82) is 0 Å². The van der Waals surface area contributed by atoms with Gasteiger partial charge in [0, 0.05) is 5.56 Å². The van der Waals surface area contributed by atoms with Crippen molar-refractivity contribution in [1.82, 2.24) is 0 Å². The van der Waals surface area contributed by atoms with E-state index in [1.54, 1.807) is 54.6 Å². The monoisotopic (exact) mass is 574 g/mol. The van der Waals surface area contributed by atoms with Crippen molar-refractivity contribution >= 4 is 5.97 Å². The molecular weight excluding hydrogens is 545 g/mol. The molecule has 3 aromatic carbocycles. The maximum absolute atomic E-state index is 14.3. The normalized spacial score (nSPS) is 17.3. The summed E-state index contributed by atoms with van der Waals surface area (Å²) >= 11 is 0. The fraction of sp³-hybridized carbons (Fsp3) is 0.367. The molecule has 2 heterocycles. The number of aliphatic hydroxyl groups is 1. The third kappa shape index (κ3) is 6.33. The number of aliphatic carboxylic acids is 1. The molecule has 2 fully saturated rings. The smallest absolute Gasteiger partial charge is 0.417 e. The van der Waals surface area contributed by atoms with E-state index in [0.29, 0.717) is 35.8 Å². The van der Waals surface area contributed by atoms with Crippen LogP contribution in [0.15, 0.2) is 66.7 Å². The van der Waals surface area contributed by atoms with Crippen molar-refractivity contribution in [2.75, 3.05) is 46.2 Å². The molecule has 0 spiro atoms. The van der Waals surface area contributed by atoms with E-state index in [9.17, 15) is 23.1 Å². The maximum Gasteiger partial charge on any atom is 0.417 e. The summed E-state index contributed by atoms with van der Waals surface area (Å²) in [7, 11) is 0. The molecule has 0 saturated carbocycles. The highest BCUT2D eigenvalue weighted by Gasteiger charge is 2.42. The first-order chi connectivity index (χ1) is 19.6. The first-order valence-electron chi connectivity index (χ1n) is 12.9. The Kier molecular flexibility index (Phi) is 8.23. The topological polar surface area (TPSA) is 104 Å². The van der Waals surface area contributed by atoms with E-state index in [1.807, 2.05) is 0 Å². The predicted octanol–water partition coefficient (Wildman–Crippen LogP) is 4.67. The number of hydrogen-bond donors (Lipinski definition) is 2. The molecule has 0 radical (unpaired) electrons. The van der Waals surface area contributed by atoms with E-state index >= 15 is 0 Å². The van der Waals surface area contributed by atoms with E-state index in [-0.39, 0.29) is 44.2 Å². The summed E-state index contributed by atoms with van der Waals surface area (Å²) in [5, 5.41) is 18.5. The van der Waals surface area contributed by atoms with Gasteiger partial charge in [0.15, 0.2) is 0 Å². The highest BCUT2D eigenvalue weighted by molar-refractivity contribution is 5.70. The maximum atomic E-state index is 14.3. The largest absolute Gasteiger partial charge is 0.493 e. The van der Waals surface area contributed by atoms with Crippen LogP contribution in [0, 0.1) is 5.41 Å². The van der Waals surface area contributed by atoms with Gasteiger partial charge in [-0.05, 0) is 41.0 Å².